The number of methoxy groups -OCH3 is 3. The van der Waals surface area contributed by atoms with E-state index in [0.717, 1.165) is 24.1 Å². The molecule has 3 heterocycles. The first-order valence-corrected chi connectivity index (χ1v) is 11.9. The van der Waals surface area contributed by atoms with Crippen LogP contribution in [-0.4, -0.2) is 97.5 Å². The highest BCUT2D eigenvalue weighted by Gasteiger charge is 2.38. The van der Waals surface area contributed by atoms with Gasteiger partial charge in [0.2, 0.25) is 12.5 Å². The van der Waals surface area contributed by atoms with Crippen molar-refractivity contribution in [2.75, 3.05) is 55.3 Å². The van der Waals surface area contributed by atoms with E-state index in [1.54, 1.807) is 29.8 Å². The third-order valence-electron chi connectivity index (χ3n) is 6.79. The first-order chi connectivity index (χ1) is 18.0. The lowest BCUT2D eigenvalue weighted by molar-refractivity contribution is -0.110. The minimum Gasteiger partial charge on any atom is -0.492 e. The Kier molecular flexibility index (Phi) is 6.96. The Morgan fingerprint density at radius 3 is 2.76 bits per heavy atom. The minimum atomic E-state index is -0.544. The van der Waals surface area contributed by atoms with E-state index in [4.69, 9.17) is 23.7 Å². The zero-order valence-corrected chi connectivity index (χ0v) is 21.5. The van der Waals surface area contributed by atoms with E-state index in [1.165, 1.54) is 14.2 Å². The van der Waals surface area contributed by atoms with E-state index < -0.39 is 6.29 Å². The standard InChI is InChI=1S/C25H30N6O6/c1-29-11-10-15-12-18-22(37-14-36-18)23(35-5)20(15)21(29)24-26-27-28-31(24)17-9-7-6-8-16(17)25(32)30(2)13-19(33-3)34-4/h6-9,12,19,21H,10-11,13-14H2,1-5H3/t21-/m0/s1. The van der Waals surface area contributed by atoms with Crippen LogP contribution in [0.5, 0.6) is 17.2 Å². The van der Waals surface area contributed by atoms with Crippen molar-refractivity contribution in [2.45, 2.75) is 18.8 Å². The molecule has 2 aliphatic rings. The lowest BCUT2D eigenvalue weighted by Crippen LogP contribution is -2.37. The normalized spacial score (nSPS) is 16.6. The SMILES string of the molecule is COc1c2c(cc3c1[C@@H](c1nnnn1-c1ccccc1C(=O)N(C)CC(OC)OC)N(C)CC3)OCO2. The molecule has 3 aromatic rings. The molecule has 0 fully saturated rings. The molecule has 1 aromatic heterocycles. The number of nitrogens with zero attached hydrogens (tertiary/aromatic N) is 6. The van der Waals surface area contributed by atoms with Crippen LogP contribution in [0.25, 0.3) is 5.69 Å². The molecule has 0 saturated heterocycles. The summed E-state index contributed by atoms with van der Waals surface area (Å²) in [6.45, 7) is 1.17. The number of rotatable bonds is 8. The van der Waals surface area contributed by atoms with Gasteiger partial charge in [0.1, 0.15) is 6.04 Å². The third kappa shape index (κ3) is 4.37. The first kappa shape index (κ1) is 24.9. The van der Waals surface area contributed by atoms with Gasteiger partial charge in [0.25, 0.3) is 5.91 Å². The number of tetrazole rings is 1. The summed E-state index contributed by atoms with van der Waals surface area (Å²) < 4.78 is 29.4. The average molecular weight is 511 g/mol. The fraction of sp³-hybridized carbons (Fsp3) is 0.440. The van der Waals surface area contributed by atoms with E-state index in [9.17, 15) is 4.79 Å². The number of aromatic nitrogens is 4. The number of hydrogen-bond acceptors (Lipinski definition) is 10. The zero-order chi connectivity index (χ0) is 26.1. The second kappa shape index (κ2) is 10.3. The molecule has 37 heavy (non-hydrogen) atoms. The lowest BCUT2D eigenvalue weighted by Gasteiger charge is -2.35. The van der Waals surface area contributed by atoms with Gasteiger partial charge < -0.3 is 28.6 Å². The molecule has 1 amide bonds. The third-order valence-corrected chi connectivity index (χ3v) is 6.79. The van der Waals surface area contributed by atoms with Crippen LogP contribution in [0, 0.1) is 0 Å². The van der Waals surface area contributed by atoms with Gasteiger partial charge in [-0.2, -0.15) is 4.68 Å². The van der Waals surface area contributed by atoms with Crippen LogP contribution in [-0.2, 0) is 15.9 Å². The Balaban J connectivity index is 1.58. The summed E-state index contributed by atoms with van der Waals surface area (Å²) in [6, 6.07) is 8.89. The van der Waals surface area contributed by atoms with Gasteiger partial charge in [-0.25, -0.2) is 0 Å². The number of likely N-dealkylation sites (N-methyl/N-ethyl adjacent to an activating group) is 2. The van der Waals surface area contributed by atoms with Gasteiger partial charge in [0.15, 0.2) is 23.6 Å². The Hall–Kier alpha value is -3.74. The number of carbonyl (C=O) groups is 1. The van der Waals surface area contributed by atoms with Gasteiger partial charge in [0.05, 0.1) is 24.9 Å². The second-order valence-corrected chi connectivity index (χ2v) is 8.90. The fourth-order valence-corrected chi connectivity index (χ4v) is 4.89. The number of ether oxygens (including phenoxy) is 5. The molecule has 12 heteroatoms. The zero-order valence-electron chi connectivity index (χ0n) is 21.5. The van der Waals surface area contributed by atoms with Crippen molar-refractivity contribution in [2.24, 2.45) is 0 Å². The predicted molar refractivity (Wildman–Crippen MR) is 131 cm³/mol. The van der Waals surface area contributed by atoms with Gasteiger partial charge in [0, 0.05) is 33.4 Å². The number of hydrogen-bond donors (Lipinski definition) is 0. The Bertz CT molecular complexity index is 1290. The molecule has 0 radical (unpaired) electrons. The Morgan fingerprint density at radius 1 is 1.22 bits per heavy atom. The van der Waals surface area contributed by atoms with Crippen molar-refractivity contribution in [3.63, 3.8) is 0 Å². The van der Waals surface area contributed by atoms with Gasteiger partial charge in [-0.1, -0.05) is 12.1 Å². The van der Waals surface area contributed by atoms with E-state index in [1.807, 2.05) is 31.3 Å². The largest absolute Gasteiger partial charge is 0.492 e. The summed E-state index contributed by atoms with van der Waals surface area (Å²) >= 11 is 0. The summed E-state index contributed by atoms with van der Waals surface area (Å²) in [5.74, 6) is 2.18. The molecule has 0 N–H and O–H groups in total. The molecule has 0 bridgehead atoms. The number of amides is 1. The summed E-state index contributed by atoms with van der Waals surface area (Å²) in [6.07, 6.45) is 0.259. The molecule has 5 rings (SSSR count). The van der Waals surface area contributed by atoms with Gasteiger partial charge >= 0.3 is 0 Å². The maximum absolute atomic E-state index is 13.5. The molecule has 2 aliphatic heterocycles. The van der Waals surface area contributed by atoms with Crippen molar-refractivity contribution < 1.29 is 28.5 Å². The van der Waals surface area contributed by atoms with Crippen LogP contribution < -0.4 is 14.2 Å². The molecule has 12 nitrogen and oxygen atoms in total. The lowest BCUT2D eigenvalue weighted by atomic mass is 9.90. The quantitative estimate of drug-likeness (QED) is 0.415. The van der Waals surface area contributed by atoms with E-state index in [2.05, 4.69) is 20.4 Å². The number of fused-ring (bicyclic) bond motifs is 2. The average Bonchev–Trinajstić information content (AvgIpc) is 3.59. The molecule has 0 aliphatic carbocycles. The molecule has 0 unspecified atom stereocenters. The highest BCUT2D eigenvalue weighted by molar-refractivity contribution is 5.97. The molecular weight excluding hydrogens is 480 g/mol. The smallest absolute Gasteiger partial charge is 0.255 e. The molecule has 1 atom stereocenters. The summed E-state index contributed by atoms with van der Waals surface area (Å²) in [4.78, 5) is 17.2. The summed E-state index contributed by atoms with van der Waals surface area (Å²) in [5.41, 5.74) is 3.00. The van der Waals surface area contributed by atoms with Crippen LogP contribution in [0.2, 0.25) is 0 Å². The van der Waals surface area contributed by atoms with Crippen LogP contribution in [0.4, 0.5) is 0 Å². The number of benzene rings is 2. The topological polar surface area (TPSA) is 113 Å². The first-order valence-electron chi connectivity index (χ1n) is 11.9. The van der Waals surface area contributed by atoms with Crippen LogP contribution in [0.3, 0.4) is 0 Å². The number of para-hydroxylation sites is 1. The minimum absolute atomic E-state index is 0.142. The van der Waals surface area contributed by atoms with Crippen molar-refractivity contribution >= 4 is 5.91 Å². The van der Waals surface area contributed by atoms with Gasteiger partial charge in [-0.3, -0.25) is 9.69 Å². The maximum atomic E-state index is 13.5. The van der Waals surface area contributed by atoms with Crippen LogP contribution in [0.15, 0.2) is 30.3 Å². The Labute approximate surface area is 214 Å². The van der Waals surface area contributed by atoms with Crippen molar-refractivity contribution in [1.29, 1.82) is 0 Å². The summed E-state index contributed by atoms with van der Waals surface area (Å²) in [5, 5.41) is 12.7. The van der Waals surface area contributed by atoms with E-state index in [0.29, 0.717) is 34.3 Å². The van der Waals surface area contributed by atoms with Crippen LogP contribution >= 0.6 is 0 Å². The fourth-order valence-electron chi connectivity index (χ4n) is 4.89. The molecule has 2 aromatic carbocycles. The Morgan fingerprint density at radius 2 is 2.00 bits per heavy atom. The highest BCUT2D eigenvalue weighted by atomic mass is 16.7. The molecular formula is C25H30N6O6. The highest BCUT2D eigenvalue weighted by Crippen LogP contribution is 2.50. The second-order valence-electron chi connectivity index (χ2n) is 8.90. The van der Waals surface area contributed by atoms with E-state index in [-0.39, 0.29) is 25.3 Å². The summed E-state index contributed by atoms with van der Waals surface area (Å²) in [7, 11) is 8.39. The maximum Gasteiger partial charge on any atom is 0.255 e. The van der Waals surface area contributed by atoms with Gasteiger partial charge in [-0.15, -0.1) is 5.10 Å². The van der Waals surface area contributed by atoms with Crippen molar-refractivity contribution in [3.8, 4) is 22.9 Å². The molecule has 196 valence electrons. The van der Waals surface area contributed by atoms with Crippen molar-refractivity contribution in [1.82, 2.24) is 30.0 Å². The van der Waals surface area contributed by atoms with Crippen molar-refractivity contribution in [3.05, 3.63) is 52.8 Å². The van der Waals surface area contributed by atoms with Crippen LogP contribution in [0.1, 0.15) is 33.4 Å². The van der Waals surface area contributed by atoms with Gasteiger partial charge in [-0.05, 0) is 47.7 Å². The number of carbonyl (C=O) groups excluding carboxylic acids is 1. The molecule has 0 spiro atoms. The molecule has 0 saturated carbocycles. The monoisotopic (exact) mass is 510 g/mol. The van der Waals surface area contributed by atoms with E-state index >= 15 is 0 Å². The predicted octanol–water partition coefficient (Wildman–Crippen LogP) is 1.67.